The minimum absolute atomic E-state index is 0. The van der Waals surface area contributed by atoms with Crippen molar-refractivity contribution in [2.45, 2.75) is 38.1 Å². The summed E-state index contributed by atoms with van der Waals surface area (Å²) in [5, 5.41) is 5.09. The van der Waals surface area contributed by atoms with E-state index >= 15 is 0 Å². The molecule has 0 spiro atoms. The van der Waals surface area contributed by atoms with E-state index in [1.165, 1.54) is 35.6 Å². The zero-order valence-electron chi connectivity index (χ0n) is 14.2. The number of benzene rings is 1. The molecule has 128 valence electrons. The van der Waals surface area contributed by atoms with Crippen molar-refractivity contribution in [2.24, 2.45) is 0 Å². The van der Waals surface area contributed by atoms with Gasteiger partial charge in [0.2, 0.25) is 0 Å². The number of allylic oxidation sites excluding steroid dienone is 4. The van der Waals surface area contributed by atoms with Crippen molar-refractivity contribution in [3.63, 3.8) is 0 Å². The number of aryl methyl sites for hydroxylation is 1. The normalized spacial score (nSPS) is 18.6. The fraction of sp³-hybridized carbons (Fsp3) is 0.316. The molecule has 0 saturated carbocycles. The van der Waals surface area contributed by atoms with Gasteiger partial charge in [-0.2, -0.15) is 5.19 Å². The summed E-state index contributed by atoms with van der Waals surface area (Å²) < 4.78 is 0. The number of halogens is 3. The summed E-state index contributed by atoms with van der Waals surface area (Å²) in [5.41, 5.74) is 1.51. The molecule has 0 heterocycles. The van der Waals surface area contributed by atoms with Crippen molar-refractivity contribution < 1.29 is 58.9 Å². The summed E-state index contributed by atoms with van der Waals surface area (Å²) in [6, 6.07) is 11.3. The Labute approximate surface area is 181 Å². The van der Waals surface area contributed by atoms with E-state index in [2.05, 4.69) is 68.5 Å². The van der Waals surface area contributed by atoms with Crippen LogP contribution in [0, 0.1) is 6.92 Å². The van der Waals surface area contributed by atoms with Crippen LogP contribution >= 0.6 is 0 Å². The van der Waals surface area contributed by atoms with Crippen molar-refractivity contribution in [2.75, 3.05) is 0 Å². The van der Waals surface area contributed by atoms with E-state index in [-0.39, 0.29) is 68.5 Å². The van der Waals surface area contributed by atoms with Gasteiger partial charge in [0.15, 0.2) is 0 Å². The summed E-state index contributed by atoms with van der Waals surface area (Å²) in [5.74, 6) is 0. The van der Waals surface area contributed by atoms with Crippen LogP contribution in [0.5, 0.6) is 0 Å². The van der Waals surface area contributed by atoms with Crippen LogP contribution in [0.4, 0.5) is 0 Å². The molecule has 0 aromatic heterocycles. The summed E-state index contributed by atoms with van der Waals surface area (Å²) >= 11 is 0. The third-order valence-corrected chi connectivity index (χ3v) is 7.51. The Hall–Kier alpha value is 0.111. The maximum absolute atomic E-state index is 2.50. The molecule has 3 rings (SSSR count). The summed E-state index contributed by atoms with van der Waals surface area (Å²) in [6.45, 7) is 4.61. The summed E-state index contributed by atoms with van der Waals surface area (Å²) in [4.78, 5) is 0. The topological polar surface area (TPSA) is 0 Å². The zero-order valence-corrected chi connectivity index (χ0v) is 19.4. The first-order valence-corrected chi connectivity index (χ1v) is 9.14. The van der Waals surface area contributed by atoms with Gasteiger partial charge in [-0.25, -0.2) is 0 Å². The third-order valence-electron chi connectivity index (χ3n) is 4.63. The molecule has 0 bridgehead atoms. The number of fused-ring (bicyclic) bond motifs is 1. The predicted molar refractivity (Wildman–Crippen MR) is 93.0 cm³/mol. The molecule has 0 nitrogen and oxygen atoms in total. The Morgan fingerprint density at radius 3 is 2.46 bits per heavy atom. The van der Waals surface area contributed by atoms with E-state index in [0.29, 0.717) is 5.04 Å². The molecule has 1 aliphatic rings. The maximum Gasteiger partial charge on any atom is 4.00 e. The van der Waals surface area contributed by atoms with Gasteiger partial charge >= 0.3 is 21.7 Å². The minimum atomic E-state index is -0.322. The molecule has 0 N–H and O–H groups in total. The molecule has 2 aromatic carbocycles. The molecule has 0 aliphatic heterocycles. The van der Waals surface area contributed by atoms with E-state index in [9.17, 15) is 0 Å². The average Bonchev–Trinajstić information content (AvgIpc) is 2.77. The first-order valence-electron chi connectivity index (χ1n) is 7.72. The Bertz CT molecular complexity index is 678. The molecule has 0 fully saturated rings. The van der Waals surface area contributed by atoms with Crippen LogP contribution in [0.2, 0.25) is 5.04 Å². The predicted octanol–water partition coefficient (Wildman–Crippen LogP) is -4.85. The second-order valence-electron chi connectivity index (χ2n) is 6.17. The Kier molecular flexibility index (Phi) is 12.8. The van der Waals surface area contributed by atoms with E-state index in [1.54, 1.807) is 5.19 Å². The van der Waals surface area contributed by atoms with Crippen LogP contribution in [-0.2, 0) is 21.7 Å². The van der Waals surface area contributed by atoms with Gasteiger partial charge in [-0.3, -0.25) is 0 Å². The Balaban J connectivity index is 0. The van der Waals surface area contributed by atoms with Gasteiger partial charge in [0.05, 0.1) is 0 Å². The van der Waals surface area contributed by atoms with Gasteiger partial charge in [-0.05, 0) is 17.9 Å². The van der Waals surface area contributed by atoms with E-state index < -0.39 is 0 Å². The van der Waals surface area contributed by atoms with Gasteiger partial charge in [0.25, 0.3) is 0 Å². The molecule has 0 amide bonds. The second kappa shape index (κ2) is 11.7. The average molecular weight is 434 g/mol. The molecule has 5 heteroatoms. The van der Waals surface area contributed by atoms with E-state index in [1.807, 2.05) is 0 Å². The number of hydrogen-bond donors (Lipinski definition) is 0. The first kappa shape index (κ1) is 26.3. The molecule has 24 heavy (non-hydrogen) atoms. The first-order chi connectivity index (χ1) is 9.74. The molecule has 2 aromatic rings. The standard InChI is InChI=1S/C19H23Si.3ClH.Ti/c1-3-11-19(12-7-4-8-13-19)20-18-15(2)14-16-9-5-6-10-17(16)18;;;;/h4-10,12,14H,3,11,13,20H2,1-2H3;3*1H;/q-1;;;;+4/p-3. The SMILES string of the molecule is CCCC1([SiH2]c2c(C)[cH-]c3ccccc23)C=CC=CC1.[Cl-].[Cl-].[Cl-].[Ti+4]. The molecule has 1 aliphatic carbocycles. The van der Waals surface area contributed by atoms with Crippen LogP contribution in [-0.4, -0.2) is 9.52 Å². The van der Waals surface area contributed by atoms with Crippen LogP contribution < -0.4 is 42.4 Å². The van der Waals surface area contributed by atoms with Crippen LogP contribution in [0.15, 0.2) is 54.6 Å². The second-order valence-corrected chi connectivity index (χ2v) is 8.64. The smallest absolute Gasteiger partial charge is 1.00 e. The van der Waals surface area contributed by atoms with Crippen LogP contribution in [0.25, 0.3) is 10.8 Å². The van der Waals surface area contributed by atoms with E-state index in [0.717, 1.165) is 0 Å². The fourth-order valence-corrected chi connectivity index (χ4v) is 6.32. The maximum atomic E-state index is 2.50. The molecule has 0 radical (unpaired) electrons. The van der Waals surface area contributed by atoms with Crippen molar-refractivity contribution in [1.29, 1.82) is 0 Å². The largest absolute Gasteiger partial charge is 4.00 e. The van der Waals surface area contributed by atoms with Gasteiger partial charge in [-0.1, -0.05) is 50.6 Å². The molecule has 0 saturated heterocycles. The van der Waals surface area contributed by atoms with Crippen molar-refractivity contribution in [3.05, 3.63) is 60.2 Å². The van der Waals surface area contributed by atoms with Crippen LogP contribution in [0.1, 0.15) is 31.7 Å². The van der Waals surface area contributed by atoms with Gasteiger partial charge in [-0.15, -0.1) is 40.6 Å². The van der Waals surface area contributed by atoms with Crippen LogP contribution in [0.3, 0.4) is 0 Å². The number of hydrogen-bond acceptors (Lipinski definition) is 0. The van der Waals surface area contributed by atoms with E-state index in [4.69, 9.17) is 0 Å². The Morgan fingerprint density at radius 2 is 1.83 bits per heavy atom. The molecular weight excluding hydrogens is 411 g/mol. The molecular formula is C19H23Cl3SiTi. The van der Waals surface area contributed by atoms with Crippen molar-refractivity contribution >= 4 is 25.5 Å². The molecule has 1 atom stereocenters. The van der Waals surface area contributed by atoms with Crippen molar-refractivity contribution in [3.8, 4) is 0 Å². The van der Waals surface area contributed by atoms with Gasteiger partial charge in [0, 0.05) is 9.52 Å². The quantitative estimate of drug-likeness (QED) is 0.335. The summed E-state index contributed by atoms with van der Waals surface area (Å²) in [6.07, 6.45) is 13.2. The Morgan fingerprint density at radius 1 is 1.12 bits per heavy atom. The minimum Gasteiger partial charge on any atom is -1.00 e. The zero-order chi connectivity index (χ0) is 14.0. The van der Waals surface area contributed by atoms with Crippen molar-refractivity contribution in [1.82, 2.24) is 0 Å². The number of rotatable bonds is 4. The molecule has 1 unspecified atom stereocenters. The summed E-state index contributed by atoms with van der Waals surface area (Å²) in [7, 11) is -0.322. The monoisotopic (exact) mass is 432 g/mol. The van der Waals surface area contributed by atoms with Gasteiger partial charge < -0.3 is 37.2 Å². The van der Waals surface area contributed by atoms with Gasteiger partial charge in [0.1, 0.15) is 0 Å². The fourth-order valence-electron chi connectivity index (χ4n) is 3.63. The third kappa shape index (κ3) is 5.56.